The summed E-state index contributed by atoms with van der Waals surface area (Å²) in [7, 11) is 0. The molecule has 3 N–H and O–H groups in total. The zero-order valence-corrected chi connectivity index (χ0v) is 3.94. The first kappa shape index (κ1) is 10.6. The van der Waals surface area contributed by atoms with Crippen LogP contribution in [-0.4, -0.2) is 33.9 Å². The van der Waals surface area contributed by atoms with Crippen molar-refractivity contribution in [3.05, 3.63) is 6.92 Å². The number of nitrogens with two attached hydrogens (primary N) is 1. The third-order valence-corrected chi connectivity index (χ3v) is 0.506. The van der Waals surface area contributed by atoms with Crippen molar-refractivity contribution in [2.45, 2.75) is 19.1 Å². The van der Waals surface area contributed by atoms with Crippen LogP contribution in [0.4, 0.5) is 0 Å². The van der Waals surface area contributed by atoms with Gasteiger partial charge in [0.1, 0.15) is 5.72 Å². The largest absolute Gasteiger partial charge is 0.376 e. The van der Waals surface area contributed by atoms with Gasteiger partial charge in [-0.15, -0.1) is 0 Å². The van der Waals surface area contributed by atoms with Gasteiger partial charge in [0.2, 0.25) is 0 Å². The smallest absolute Gasteiger partial charge is 0.316 e. The molecule has 0 aliphatic carbocycles. The van der Waals surface area contributed by atoms with Crippen LogP contribution in [0.3, 0.4) is 0 Å². The Bertz CT molecular complexity index is 41.4. The average molecular weight is 114 g/mol. The molecule has 0 aromatic rings. The van der Waals surface area contributed by atoms with E-state index in [-0.39, 0.29) is 23.1 Å². The highest BCUT2D eigenvalue weighted by Crippen LogP contribution is 1.94. The van der Waals surface area contributed by atoms with Crippen LogP contribution in [0, 0.1) is 6.92 Å². The molecule has 0 saturated carbocycles. The van der Waals surface area contributed by atoms with Gasteiger partial charge in [-0.3, -0.25) is 0 Å². The molecule has 0 aromatic heterocycles. The van der Waals surface area contributed by atoms with Crippen LogP contribution in [0.2, 0.25) is 0 Å². The lowest BCUT2D eigenvalue weighted by Crippen LogP contribution is -2.34. The Morgan fingerprint density at radius 3 is 2.00 bits per heavy atom. The molecule has 0 bridgehead atoms. The molecule has 0 spiro atoms. The van der Waals surface area contributed by atoms with E-state index in [4.69, 9.17) is 10.8 Å². The lowest BCUT2D eigenvalue weighted by Gasteiger charge is -2.11. The number of rotatable bonds is 1. The Labute approximate surface area is 60.2 Å². The van der Waals surface area contributed by atoms with Crippen LogP contribution in [0.15, 0.2) is 0 Å². The maximum atomic E-state index is 8.54. The Morgan fingerprint density at radius 1 is 1.86 bits per heavy atom. The van der Waals surface area contributed by atoms with E-state index < -0.39 is 5.72 Å². The second-order valence-corrected chi connectivity index (χ2v) is 1.61. The molecule has 3 heteroatoms. The van der Waals surface area contributed by atoms with Crippen LogP contribution < -0.4 is 5.73 Å². The third-order valence-electron chi connectivity index (χ3n) is 0.506. The molecule has 41 valence electrons. The minimum atomic E-state index is -1.07. The predicted molar refractivity (Wildman–Crippen MR) is 33.3 cm³/mol. The van der Waals surface area contributed by atoms with Crippen LogP contribution in [0.25, 0.3) is 0 Å². The first-order valence-electron chi connectivity index (χ1n) is 1.87. The highest BCUT2D eigenvalue weighted by atomic mass is 24.3. The van der Waals surface area contributed by atoms with E-state index in [0.29, 0.717) is 6.42 Å². The highest BCUT2D eigenvalue weighted by Gasteiger charge is 2.06. The molecule has 0 heterocycles. The number of hydrogen-bond donors (Lipinski definition) is 2. The molecule has 7 heavy (non-hydrogen) atoms. The minimum absolute atomic E-state index is 0. The fourth-order valence-electron chi connectivity index (χ4n) is 0. The molecule has 0 aliphatic rings. The quantitative estimate of drug-likeness (QED) is 0.338. The van der Waals surface area contributed by atoms with Crippen molar-refractivity contribution in [2.24, 2.45) is 5.73 Å². The Morgan fingerprint density at radius 2 is 2.00 bits per heavy atom. The van der Waals surface area contributed by atoms with Gasteiger partial charge in [0, 0.05) is 0 Å². The van der Waals surface area contributed by atoms with Gasteiger partial charge >= 0.3 is 23.1 Å². The van der Waals surface area contributed by atoms with Gasteiger partial charge in [0.25, 0.3) is 0 Å². The van der Waals surface area contributed by atoms with Crippen molar-refractivity contribution < 1.29 is 5.11 Å². The summed E-state index contributed by atoms with van der Waals surface area (Å²) in [6, 6.07) is 0. The normalized spacial score (nSPS) is 17.1. The summed E-state index contributed by atoms with van der Waals surface area (Å²) < 4.78 is 0. The molecule has 1 radical (unpaired) electrons. The van der Waals surface area contributed by atoms with Crippen LogP contribution in [0.5, 0.6) is 0 Å². The number of hydrogen-bond acceptors (Lipinski definition) is 2. The van der Waals surface area contributed by atoms with E-state index in [1.165, 1.54) is 6.92 Å². The molecule has 0 saturated heterocycles. The van der Waals surface area contributed by atoms with Crippen LogP contribution >= 0.6 is 0 Å². The van der Waals surface area contributed by atoms with E-state index in [0.717, 1.165) is 0 Å². The molecule has 0 aromatic carbocycles. The van der Waals surface area contributed by atoms with Crippen molar-refractivity contribution >= 4 is 23.1 Å². The second-order valence-electron chi connectivity index (χ2n) is 1.61. The molecular formula is C4H12MgNO. The Kier molecular flexibility index (Phi) is 5.56. The summed E-state index contributed by atoms with van der Waals surface area (Å²) in [5.41, 5.74) is 3.96. The third kappa shape index (κ3) is 10.8. The summed E-state index contributed by atoms with van der Waals surface area (Å²) in [6.45, 7) is 4.90. The molecule has 0 rings (SSSR count). The standard InChI is InChI=1S/C4H10NO.Mg.2H/c1-3-4(2,5)6;;;/h6H,1,3,5H2,2H3;;;. The lowest BCUT2D eigenvalue weighted by atomic mass is 10.2. The summed E-state index contributed by atoms with van der Waals surface area (Å²) in [5.74, 6) is 0. The SMILES string of the molecule is [CH2]CC(C)(N)O.[MgH2]. The van der Waals surface area contributed by atoms with Crippen LogP contribution in [0.1, 0.15) is 13.3 Å². The summed E-state index contributed by atoms with van der Waals surface area (Å²) in [4.78, 5) is 0. The van der Waals surface area contributed by atoms with Gasteiger partial charge in [-0.25, -0.2) is 0 Å². The van der Waals surface area contributed by atoms with Crippen molar-refractivity contribution in [3.63, 3.8) is 0 Å². The molecule has 0 aliphatic heterocycles. The van der Waals surface area contributed by atoms with Gasteiger partial charge in [0.05, 0.1) is 0 Å². The molecule has 0 amide bonds. The maximum absolute atomic E-state index is 8.54. The zero-order valence-electron chi connectivity index (χ0n) is 3.94. The van der Waals surface area contributed by atoms with E-state index in [1.54, 1.807) is 0 Å². The average Bonchev–Trinajstić information content (AvgIpc) is 1.35. The van der Waals surface area contributed by atoms with Gasteiger partial charge in [-0.1, -0.05) is 0 Å². The summed E-state index contributed by atoms with van der Waals surface area (Å²) >= 11 is 0. The monoisotopic (exact) mass is 114 g/mol. The molecule has 2 nitrogen and oxygen atoms in total. The summed E-state index contributed by atoms with van der Waals surface area (Å²) in [5, 5.41) is 8.54. The van der Waals surface area contributed by atoms with E-state index in [2.05, 4.69) is 6.92 Å². The Balaban J connectivity index is 0. The van der Waals surface area contributed by atoms with Crippen LogP contribution in [-0.2, 0) is 0 Å². The first-order chi connectivity index (χ1) is 2.56. The zero-order chi connectivity index (χ0) is 5.21. The molecule has 1 unspecified atom stereocenters. The topological polar surface area (TPSA) is 46.2 Å². The van der Waals surface area contributed by atoms with E-state index in [9.17, 15) is 0 Å². The van der Waals surface area contributed by atoms with Crippen molar-refractivity contribution in [2.75, 3.05) is 0 Å². The van der Waals surface area contributed by atoms with Gasteiger partial charge in [0.15, 0.2) is 0 Å². The van der Waals surface area contributed by atoms with Crippen molar-refractivity contribution in [3.8, 4) is 0 Å². The van der Waals surface area contributed by atoms with Gasteiger partial charge in [-0.05, 0) is 20.3 Å². The molecular weight excluding hydrogens is 102 g/mol. The molecule has 0 fully saturated rings. The van der Waals surface area contributed by atoms with Crippen molar-refractivity contribution in [1.82, 2.24) is 0 Å². The minimum Gasteiger partial charge on any atom is -0.376 e. The first-order valence-corrected chi connectivity index (χ1v) is 1.87. The van der Waals surface area contributed by atoms with Gasteiger partial charge < -0.3 is 10.8 Å². The summed E-state index contributed by atoms with van der Waals surface area (Å²) in [6.07, 6.45) is 0.354. The second kappa shape index (κ2) is 3.66. The fourth-order valence-corrected chi connectivity index (χ4v) is 0. The van der Waals surface area contributed by atoms with Gasteiger partial charge in [-0.2, -0.15) is 0 Å². The number of aliphatic hydroxyl groups is 1. The fraction of sp³-hybridized carbons (Fsp3) is 0.750. The lowest BCUT2D eigenvalue weighted by molar-refractivity contribution is 0.0698. The Hall–Kier alpha value is 0.686. The van der Waals surface area contributed by atoms with E-state index >= 15 is 0 Å². The predicted octanol–water partition coefficient (Wildman–Crippen LogP) is -1.04. The molecule has 1 atom stereocenters. The van der Waals surface area contributed by atoms with Crippen molar-refractivity contribution in [1.29, 1.82) is 0 Å². The maximum Gasteiger partial charge on any atom is 0.316 e. The highest BCUT2D eigenvalue weighted by molar-refractivity contribution is 5.75. The van der Waals surface area contributed by atoms with E-state index in [1.807, 2.05) is 0 Å².